The van der Waals surface area contributed by atoms with Crippen LogP contribution in [0.1, 0.15) is 26.2 Å². The highest BCUT2D eigenvalue weighted by Crippen LogP contribution is 2.51. The summed E-state index contributed by atoms with van der Waals surface area (Å²) in [5, 5.41) is 10.3. The van der Waals surface area contributed by atoms with Crippen molar-refractivity contribution in [2.45, 2.75) is 42.7 Å². The van der Waals surface area contributed by atoms with Crippen molar-refractivity contribution in [1.29, 1.82) is 0 Å². The third-order valence-corrected chi connectivity index (χ3v) is 7.91. The van der Waals surface area contributed by atoms with Crippen LogP contribution in [0, 0.1) is 5.41 Å². The van der Waals surface area contributed by atoms with E-state index in [1.165, 1.54) is 11.8 Å². The van der Waals surface area contributed by atoms with Crippen LogP contribution >= 0.6 is 23.1 Å². The molecule has 1 spiro atoms. The minimum atomic E-state index is -0.284. The van der Waals surface area contributed by atoms with Crippen LogP contribution in [0.2, 0.25) is 0 Å². The number of rotatable bonds is 5. The van der Waals surface area contributed by atoms with Crippen molar-refractivity contribution in [2.24, 2.45) is 5.41 Å². The number of thiazole rings is 1. The zero-order valence-corrected chi connectivity index (χ0v) is 16.5. The van der Waals surface area contributed by atoms with E-state index in [1.54, 1.807) is 11.3 Å². The Morgan fingerprint density at radius 2 is 2.19 bits per heavy atom. The van der Waals surface area contributed by atoms with Crippen molar-refractivity contribution in [3.63, 3.8) is 0 Å². The highest BCUT2D eigenvalue weighted by Gasteiger charge is 2.56. The van der Waals surface area contributed by atoms with Crippen LogP contribution in [0.4, 0.5) is 0 Å². The van der Waals surface area contributed by atoms with E-state index in [1.807, 2.05) is 30.0 Å². The molecule has 0 bridgehead atoms. The Morgan fingerprint density at radius 1 is 1.42 bits per heavy atom. The van der Waals surface area contributed by atoms with Gasteiger partial charge >= 0.3 is 0 Å². The van der Waals surface area contributed by atoms with Gasteiger partial charge in [-0.3, -0.25) is 4.79 Å². The van der Waals surface area contributed by atoms with E-state index in [4.69, 9.17) is 4.74 Å². The molecule has 1 saturated heterocycles. The third kappa shape index (κ3) is 3.26. The van der Waals surface area contributed by atoms with Crippen LogP contribution in [0.15, 0.2) is 28.6 Å². The van der Waals surface area contributed by atoms with Crippen molar-refractivity contribution in [2.75, 3.05) is 25.4 Å². The average Bonchev–Trinajstić information content (AvgIpc) is 3.09. The number of aliphatic hydroxyl groups is 1. The summed E-state index contributed by atoms with van der Waals surface area (Å²) in [6.07, 6.45) is 2.26. The van der Waals surface area contributed by atoms with Crippen LogP contribution < -0.4 is 0 Å². The van der Waals surface area contributed by atoms with Gasteiger partial charge in [0, 0.05) is 31.5 Å². The number of likely N-dealkylation sites (tertiary alicyclic amines) is 1. The molecule has 2 aromatic rings. The number of amides is 1. The molecule has 0 unspecified atom stereocenters. The lowest BCUT2D eigenvalue weighted by Gasteiger charge is -2.56. The van der Waals surface area contributed by atoms with Gasteiger partial charge < -0.3 is 14.7 Å². The molecule has 2 fully saturated rings. The van der Waals surface area contributed by atoms with E-state index in [9.17, 15) is 9.90 Å². The van der Waals surface area contributed by atoms with Crippen molar-refractivity contribution in [3.8, 4) is 0 Å². The number of para-hydroxylation sites is 1. The molecule has 1 saturated carbocycles. The summed E-state index contributed by atoms with van der Waals surface area (Å²) in [6.45, 7) is 4.09. The number of aliphatic hydroxyl groups excluding tert-OH is 1. The Bertz CT molecular complexity index is 751. The maximum atomic E-state index is 12.6. The molecule has 2 aliphatic rings. The number of carbonyl (C=O) groups is 1. The van der Waals surface area contributed by atoms with Gasteiger partial charge in [-0.25, -0.2) is 4.98 Å². The zero-order chi connectivity index (χ0) is 18.1. The van der Waals surface area contributed by atoms with Gasteiger partial charge in [0.1, 0.15) is 0 Å². The van der Waals surface area contributed by atoms with Gasteiger partial charge in [-0.15, -0.1) is 11.3 Å². The number of aromatic nitrogens is 1. The van der Waals surface area contributed by atoms with Gasteiger partial charge in [-0.1, -0.05) is 23.9 Å². The van der Waals surface area contributed by atoms with Crippen LogP contribution in [0.5, 0.6) is 0 Å². The summed E-state index contributed by atoms with van der Waals surface area (Å²) in [6, 6.07) is 8.05. The topological polar surface area (TPSA) is 62.7 Å². The molecule has 5 nitrogen and oxygen atoms in total. The average molecular weight is 393 g/mol. The lowest BCUT2D eigenvalue weighted by Crippen LogP contribution is -2.62. The SMILES string of the molecule is CCO[C@@H]1C[C@H](O)C12CCN(C(=O)CSc1nc3ccccc3s1)CC2. The number of carbonyl (C=O) groups excluding carboxylic acids is 1. The fourth-order valence-electron chi connectivity index (χ4n) is 4.12. The molecular formula is C19H24N2O3S2. The predicted molar refractivity (Wildman–Crippen MR) is 105 cm³/mol. The Kier molecular flexibility index (Phi) is 5.23. The molecule has 2 atom stereocenters. The van der Waals surface area contributed by atoms with E-state index >= 15 is 0 Å². The summed E-state index contributed by atoms with van der Waals surface area (Å²) in [7, 11) is 0. The number of ether oxygens (including phenoxy) is 1. The number of hydrogen-bond donors (Lipinski definition) is 1. The normalized spacial score (nSPS) is 24.8. The molecule has 4 rings (SSSR count). The zero-order valence-electron chi connectivity index (χ0n) is 14.9. The highest BCUT2D eigenvalue weighted by molar-refractivity contribution is 8.01. The molecule has 1 aliphatic carbocycles. The fourth-order valence-corrected chi connectivity index (χ4v) is 6.09. The number of nitrogens with zero attached hydrogens (tertiary/aromatic N) is 2. The Morgan fingerprint density at radius 3 is 2.88 bits per heavy atom. The summed E-state index contributed by atoms with van der Waals surface area (Å²) < 4.78 is 7.90. The number of fused-ring (bicyclic) bond motifs is 1. The smallest absolute Gasteiger partial charge is 0.233 e. The van der Waals surface area contributed by atoms with Gasteiger partial charge in [0.15, 0.2) is 4.34 Å². The fraction of sp³-hybridized carbons (Fsp3) is 0.579. The molecule has 26 heavy (non-hydrogen) atoms. The molecule has 2 heterocycles. The first kappa shape index (κ1) is 18.2. The van der Waals surface area contributed by atoms with Crippen molar-refractivity contribution < 1.29 is 14.6 Å². The molecule has 0 radical (unpaired) electrons. The summed E-state index contributed by atoms with van der Waals surface area (Å²) in [4.78, 5) is 19.1. The molecule has 1 aromatic heterocycles. The van der Waals surface area contributed by atoms with E-state index < -0.39 is 0 Å². The van der Waals surface area contributed by atoms with Gasteiger partial charge in [0.25, 0.3) is 0 Å². The van der Waals surface area contributed by atoms with E-state index in [0.717, 1.165) is 33.8 Å². The first-order valence-electron chi connectivity index (χ1n) is 9.18. The van der Waals surface area contributed by atoms with Gasteiger partial charge in [-0.05, 0) is 31.9 Å². The lowest BCUT2D eigenvalue weighted by molar-refractivity contribution is -0.209. The molecule has 1 aliphatic heterocycles. The predicted octanol–water partition coefficient (Wildman–Crippen LogP) is 3.17. The molecule has 7 heteroatoms. The van der Waals surface area contributed by atoms with Crippen molar-refractivity contribution >= 4 is 39.2 Å². The van der Waals surface area contributed by atoms with Crippen LogP contribution in [0.25, 0.3) is 10.2 Å². The molecule has 140 valence electrons. The van der Waals surface area contributed by atoms with Crippen LogP contribution in [-0.2, 0) is 9.53 Å². The second-order valence-corrected chi connectivity index (χ2v) is 9.30. The quantitative estimate of drug-likeness (QED) is 0.792. The van der Waals surface area contributed by atoms with E-state index in [0.29, 0.717) is 25.4 Å². The maximum absolute atomic E-state index is 12.6. The molecular weight excluding hydrogens is 368 g/mol. The second kappa shape index (κ2) is 7.46. The van der Waals surface area contributed by atoms with Gasteiger partial charge in [-0.2, -0.15) is 0 Å². The lowest BCUT2D eigenvalue weighted by atomic mass is 9.58. The monoisotopic (exact) mass is 392 g/mol. The molecule has 1 aromatic carbocycles. The number of hydrogen-bond acceptors (Lipinski definition) is 6. The number of thioether (sulfide) groups is 1. The third-order valence-electron chi connectivity index (χ3n) is 5.75. The Balaban J connectivity index is 1.31. The minimum absolute atomic E-state index is 0.132. The maximum Gasteiger partial charge on any atom is 0.233 e. The van der Waals surface area contributed by atoms with Crippen molar-refractivity contribution in [3.05, 3.63) is 24.3 Å². The summed E-state index contributed by atoms with van der Waals surface area (Å²) >= 11 is 3.15. The minimum Gasteiger partial charge on any atom is -0.392 e. The molecule has 1 N–H and O–H groups in total. The van der Waals surface area contributed by atoms with E-state index in [-0.39, 0.29) is 23.5 Å². The van der Waals surface area contributed by atoms with Crippen LogP contribution in [0.3, 0.4) is 0 Å². The van der Waals surface area contributed by atoms with Crippen LogP contribution in [-0.4, -0.2) is 58.6 Å². The Labute approximate surface area is 161 Å². The van der Waals surface area contributed by atoms with E-state index in [2.05, 4.69) is 11.1 Å². The largest absolute Gasteiger partial charge is 0.392 e. The number of piperidine rings is 1. The second-order valence-electron chi connectivity index (χ2n) is 7.05. The van der Waals surface area contributed by atoms with Gasteiger partial charge in [0.05, 0.1) is 28.2 Å². The number of benzene rings is 1. The highest BCUT2D eigenvalue weighted by atomic mass is 32.2. The Hall–Kier alpha value is -1.15. The summed E-state index contributed by atoms with van der Waals surface area (Å²) in [5.74, 6) is 0.579. The first-order chi connectivity index (χ1) is 12.6. The first-order valence-corrected chi connectivity index (χ1v) is 11.0. The summed E-state index contributed by atoms with van der Waals surface area (Å²) in [5.41, 5.74) is 0.862. The van der Waals surface area contributed by atoms with Gasteiger partial charge in [0.2, 0.25) is 5.91 Å². The standard InChI is InChI=1S/C19H24N2O3S2/c1-2-24-16-11-15(22)19(16)7-9-21(10-8-19)17(23)12-25-18-20-13-5-3-4-6-14(13)26-18/h3-6,15-16,22H,2,7-12H2,1H3/t15-,16+/m0/s1. The van der Waals surface area contributed by atoms with Crippen molar-refractivity contribution in [1.82, 2.24) is 9.88 Å². The molecule has 1 amide bonds.